The summed E-state index contributed by atoms with van der Waals surface area (Å²) in [5.41, 5.74) is 13.5. The quantitative estimate of drug-likeness (QED) is 0.392. The summed E-state index contributed by atoms with van der Waals surface area (Å²) in [4.78, 5) is 4.05. The van der Waals surface area contributed by atoms with Crippen molar-refractivity contribution in [2.24, 2.45) is 10.7 Å². The summed E-state index contributed by atoms with van der Waals surface area (Å²) in [5.74, 6) is -0.0837. The van der Waals surface area contributed by atoms with Crippen LogP contribution in [-0.4, -0.2) is 18.1 Å². The Morgan fingerprint density at radius 2 is 1.86 bits per heavy atom. The van der Waals surface area contributed by atoms with Crippen molar-refractivity contribution in [2.45, 2.75) is 0 Å². The summed E-state index contributed by atoms with van der Waals surface area (Å²) >= 11 is 0. The Hall–Kier alpha value is -3.15. The summed E-state index contributed by atoms with van der Waals surface area (Å²) in [5, 5.41) is 15.0. The smallest absolute Gasteiger partial charge is 0.294 e. The van der Waals surface area contributed by atoms with E-state index in [4.69, 9.17) is 27.0 Å². The summed E-state index contributed by atoms with van der Waals surface area (Å²) < 4.78 is 5.17. The largest absolute Gasteiger partial charge is 0.407 e. The predicted octanol–water partition coefficient (Wildman–Crippen LogP) is 2.25. The molecular formula is C15H15N5O. The van der Waals surface area contributed by atoms with Gasteiger partial charge in [-0.3, -0.25) is 5.41 Å². The topological polar surface area (TPSA) is 121 Å². The van der Waals surface area contributed by atoms with Crippen molar-refractivity contribution in [2.75, 3.05) is 5.73 Å². The van der Waals surface area contributed by atoms with Gasteiger partial charge in [-0.05, 0) is 30.3 Å². The Morgan fingerprint density at radius 1 is 1.14 bits per heavy atom. The third-order valence-corrected chi connectivity index (χ3v) is 2.71. The highest BCUT2D eigenvalue weighted by molar-refractivity contribution is 5.99. The number of ether oxygens (including phenoxy) is 1. The highest BCUT2D eigenvalue weighted by Crippen LogP contribution is 2.18. The molecule has 0 aliphatic carbocycles. The van der Waals surface area contributed by atoms with E-state index in [0.717, 1.165) is 6.21 Å². The van der Waals surface area contributed by atoms with Gasteiger partial charge in [0, 0.05) is 23.0 Å². The number of anilines is 1. The fourth-order valence-corrected chi connectivity index (χ4v) is 1.66. The van der Waals surface area contributed by atoms with Gasteiger partial charge >= 0.3 is 0 Å². The van der Waals surface area contributed by atoms with E-state index in [-0.39, 0.29) is 11.9 Å². The molecule has 2 aromatic carbocycles. The summed E-state index contributed by atoms with van der Waals surface area (Å²) in [6.07, 6.45) is 1.14. The first-order valence-corrected chi connectivity index (χ1v) is 6.16. The lowest BCUT2D eigenvalue weighted by atomic mass is 10.2. The maximum Gasteiger partial charge on any atom is 0.294 e. The van der Waals surface area contributed by atoms with E-state index in [0.29, 0.717) is 22.5 Å². The first-order valence-electron chi connectivity index (χ1n) is 6.16. The summed E-state index contributed by atoms with van der Waals surface area (Å²) in [7, 11) is 0. The molecule has 0 saturated heterocycles. The summed E-state index contributed by atoms with van der Waals surface area (Å²) in [6.45, 7) is 0. The van der Waals surface area contributed by atoms with Gasteiger partial charge in [0.2, 0.25) is 5.90 Å². The minimum atomic E-state index is -0.149. The molecule has 0 radical (unpaired) electrons. The standard InChI is InChI=1S/C15H15N5O/c16-9-11-8-12(6-7-13(11)17)20-15(19)21-14(18)10-4-2-1-3-5-10/h1-9,16,18H,17H2,(H2,19,20). The summed E-state index contributed by atoms with van der Waals surface area (Å²) in [6, 6.07) is 13.7. The molecule has 0 heterocycles. The van der Waals surface area contributed by atoms with Crippen LogP contribution in [0.15, 0.2) is 53.5 Å². The first kappa shape index (κ1) is 14.3. The second-order valence-corrected chi connectivity index (χ2v) is 4.20. The van der Waals surface area contributed by atoms with E-state index < -0.39 is 0 Å². The van der Waals surface area contributed by atoms with Crippen molar-refractivity contribution in [1.29, 1.82) is 10.8 Å². The van der Waals surface area contributed by atoms with Gasteiger partial charge in [0.1, 0.15) is 0 Å². The van der Waals surface area contributed by atoms with Crippen LogP contribution in [0.25, 0.3) is 0 Å². The van der Waals surface area contributed by atoms with Crippen LogP contribution in [-0.2, 0) is 4.74 Å². The van der Waals surface area contributed by atoms with E-state index in [1.165, 1.54) is 0 Å². The number of hydrogen-bond donors (Lipinski definition) is 4. The molecule has 0 fully saturated rings. The predicted molar refractivity (Wildman–Crippen MR) is 84.4 cm³/mol. The van der Waals surface area contributed by atoms with E-state index in [1.807, 2.05) is 6.07 Å². The molecule has 0 atom stereocenters. The van der Waals surface area contributed by atoms with E-state index >= 15 is 0 Å². The molecule has 2 aromatic rings. The second-order valence-electron chi connectivity index (χ2n) is 4.20. The second kappa shape index (κ2) is 6.33. The number of benzene rings is 2. The lowest BCUT2D eigenvalue weighted by Gasteiger charge is -2.06. The molecule has 6 N–H and O–H groups in total. The lowest BCUT2D eigenvalue weighted by molar-refractivity contribution is 0.533. The Bertz CT molecular complexity index is 694. The van der Waals surface area contributed by atoms with Crippen LogP contribution in [0.4, 0.5) is 11.4 Å². The Kier molecular flexibility index (Phi) is 4.30. The van der Waals surface area contributed by atoms with E-state index in [9.17, 15) is 0 Å². The third-order valence-electron chi connectivity index (χ3n) is 2.71. The van der Waals surface area contributed by atoms with Crippen LogP contribution >= 0.6 is 0 Å². The lowest BCUT2D eigenvalue weighted by Crippen LogP contribution is -2.20. The molecule has 0 saturated carbocycles. The van der Waals surface area contributed by atoms with Gasteiger partial charge in [-0.1, -0.05) is 18.2 Å². The van der Waals surface area contributed by atoms with E-state index in [2.05, 4.69) is 4.99 Å². The number of nitrogens with zero attached hydrogens (tertiary/aromatic N) is 1. The van der Waals surface area contributed by atoms with Crippen molar-refractivity contribution in [1.82, 2.24) is 0 Å². The van der Waals surface area contributed by atoms with E-state index in [1.54, 1.807) is 42.5 Å². The molecule has 0 aromatic heterocycles. The van der Waals surface area contributed by atoms with Gasteiger partial charge in [0.05, 0.1) is 5.69 Å². The molecule has 0 aliphatic heterocycles. The maximum absolute atomic E-state index is 7.80. The first-order chi connectivity index (χ1) is 10.1. The van der Waals surface area contributed by atoms with Gasteiger partial charge in [-0.15, -0.1) is 0 Å². The van der Waals surface area contributed by atoms with Crippen LogP contribution in [0.1, 0.15) is 11.1 Å². The zero-order valence-corrected chi connectivity index (χ0v) is 11.2. The molecular weight excluding hydrogens is 266 g/mol. The molecule has 0 bridgehead atoms. The Balaban J connectivity index is 2.14. The number of nitrogen functional groups attached to an aromatic ring is 1. The molecule has 6 nitrogen and oxygen atoms in total. The van der Waals surface area contributed by atoms with Crippen LogP contribution in [0.3, 0.4) is 0 Å². The average Bonchev–Trinajstić information content (AvgIpc) is 2.50. The van der Waals surface area contributed by atoms with Crippen molar-refractivity contribution in [3.8, 4) is 0 Å². The molecule has 0 unspecified atom stereocenters. The normalized spacial score (nSPS) is 11.0. The number of nitrogens with one attached hydrogen (secondary N) is 2. The zero-order valence-electron chi connectivity index (χ0n) is 11.2. The SMILES string of the molecule is N=Cc1cc(N=C(N)OC(=N)c2ccccc2)ccc1N. The molecule has 0 aliphatic rings. The number of aliphatic imine (C=N–C) groups is 1. The number of nitrogens with two attached hydrogens (primary N) is 2. The Labute approximate surface area is 122 Å². The monoisotopic (exact) mass is 281 g/mol. The Morgan fingerprint density at radius 3 is 2.52 bits per heavy atom. The minimum Gasteiger partial charge on any atom is -0.407 e. The minimum absolute atomic E-state index is 0.0837. The van der Waals surface area contributed by atoms with Crippen LogP contribution in [0.2, 0.25) is 0 Å². The van der Waals surface area contributed by atoms with Crippen molar-refractivity contribution < 1.29 is 4.74 Å². The van der Waals surface area contributed by atoms with Crippen molar-refractivity contribution in [3.63, 3.8) is 0 Å². The molecule has 2 rings (SSSR count). The van der Waals surface area contributed by atoms with Crippen LogP contribution in [0, 0.1) is 10.8 Å². The van der Waals surface area contributed by atoms with Gasteiger partial charge in [0.15, 0.2) is 0 Å². The molecule has 21 heavy (non-hydrogen) atoms. The zero-order chi connectivity index (χ0) is 15.2. The van der Waals surface area contributed by atoms with Gasteiger partial charge in [-0.25, -0.2) is 0 Å². The highest BCUT2D eigenvalue weighted by atomic mass is 16.5. The van der Waals surface area contributed by atoms with Gasteiger partial charge < -0.3 is 21.6 Å². The fourth-order valence-electron chi connectivity index (χ4n) is 1.66. The molecule has 6 heteroatoms. The number of hydrogen-bond acceptors (Lipinski definition) is 5. The van der Waals surface area contributed by atoms with Gasteiger partial charge in [-0.2, -0.15) is 4.99 Å². The number of rotatable bonds is 3. The molecule has 106 valence electrons. The van der Waals surface area contributed by atoms with Crippen LogP contribution < -0.4 is 11.5 Å². The highest BCUT2D eigenvalue weighted by Gasteiger charge is 2.05. The van der Waals surface area contributed by atoms with Crippen molar-refractivity contribution in [3.05, 3.63) is 59.7 Å². The maximum atomic E-state index is 7.80. The van der Waals surface area contributed by atoms with Crippen LogP contribution in [0.5, 0.6) is 0 Å². The molecule has 0 spiro atoms. The van der Waals surface area contributed by atoms with Crippen molar-refractivity contribution >= 4 is 29.5 Å². The fraction of sp³-hybridized carbons (Fsp3) is 0. The average molecular weight is 281 g/mol. The molecule has 0 amide bonds. The number of amidine groups is 1. The third kappa shape index (κ3) is 3.66. The van der Waals surface area contributed by atoms with Gasteiger partial charge in [0.25, 0.3) is 6.02 Å².